The van der Waals surface area contributed by atoms with Gasteiger partial charge in [0.05, 0.1) is 17.4 Å². The Bertz CT molecular complexity index is 707. The fourth-order valence-electron chi connectivity index (χ4n) is 2.73. The predicted molar refractivity (Wildman–Crippen MR) is 88.1 cm³/mol. The van der Waals surface area contributed by atoms with Crippen LogP contribution in [0.4, 0.5) is 0 Å². The first kappa shape index (κ1) is 18.3. The summed E-state index contributed by atoms with van der Waals surface area (Å²) in [4.78, 5) is 11.9. The van der Waals surface area contributed by atoms with E-state index in [1.165, 1.54) is 12.1 Å². The Morgan fingerprint density at radius 3 is 2.40 bits per heavy atom. The molecule has 1 heterocycles. The van der Waals surface area contributed by atoms with Crippen LogP contribution in [0.5, 0.6) is 0 Å². The molecular weight excluding hydrogens is 348 g/mol. The number of hydrogen-bond donors (Lipinski definition) is 4. The first-order valence-electron chi connectivity index (χ1n) is 8.22. The van der Waals surface area contributed by atoms with Gasteiger partial charge in [-0.2, -0.15) is 0 Å². The van der Waals surface area contributed by atoms with Crippen molar-refractivity contribution < 1.29 is 28.2 Å². The second-order valence-electron chi connectivity index (χ2n) is 6.41. The van der Waals surface area contributed by atoms with Gasteiger partial charge >= 0.3 is 0 Å². The van der Waals surface area contributed by atoms with Crippen molar-refractivity contribution in [3.8, 4) is 0 Å². The van der Waals surface area contributed by atoms with E-state index in [4.69, 9.17) is 4.74 Å². The lowest BCUT2D eigenvalue weighted by molar-refractivity contribution is -0.125. The summed E-state index contributed by atoms with van der Waals surface area (Å²) in [5.41, 5.74) is 0. The van der Waals surface area contributed by atoms with Crippen LogP contribution in [0.25, 0.3) is 0 Å². The van der Waals surface area contributed by atoms with Gasteiger partial charge in [0, 0.05) is 12.6 Å². The molecule has 1 aliphatic heterocycles. The van der Waals surface area contributed by atoms with E-state index in [1.807, 2.05) is 0 Å². The molecule has 1 amide bonds. The zero-order valence-electron chi connectivity index (χ0n) is 13.5. The minimum Gasteiger partial charge on any atom is -0.388 e. The van der Waals surface area contributed by atoms with Crippen LogP contribution in [0.3, 0.4) is 0 Å². The maximum atomic E-state index is 12.2. The van der Waals surface area contributed by atoms with Gasteiger partial charge < -0.3 is 20.3 Å². The van der Waals surface area contributed by atoms with E-state index in [0.717, 1.165) is 12.8 Å². The summed E-state index contributed by atoms with van der Waals surface area (Å²) in [6, 6.07) is 8.02. The van der Waals surface area contributed by atoms with Gasteiger partial charge in [-0.1, -0.05) is 18.2 Å². The van der Waals surface area contributed by atoms with Gasteiger partial charge in [-0.15, -0.1) is 0 Å². The molecule has 8 nitrogen and oxygen atoms in total. The molecule has 4 atom stereocenters. The molecule has 0 bridgehead atoms. The normalized spacial score (nSPS) is 29.5. The Labute approximate surface area is 146 Å². The maximum absolute atomic E-state index is 12.2. The lowest BCUT2D eigenvalue weighted by Gasteiger charge is -2.15. The lowest BCUT2D eigenvalue weighted by Crippen LogP contribution is -2.40. The molecule has 0 spiro atoms. The smallest absolute Gasteiger partial charge is 0.240 e. The molecule has 2 aliphatic rings. The van der Waals surface area contributed by atoms with Crippen LogP contribution in [-0.4, -0.2) is 61.5 Å². The average molecular weight is 370 g/mol. The molecular formula is C16H22N2O6S. The third-order valence-electron chi connectivity index (χ3n) is 4.32. The number of sulfonamides is 1. The second-order valence-corrected chi connectivity index (χ2v) is 8.17. The molecule has 0 aromatic heterocycles. The number of rotatable bonds is 7. The standard InChI is InChI=1S/C16H22N2O6S/c19-14(18-10-6-7-10)8-12-15(20)16(21)13(24-12)9-17-25(22,23)11-4-2-1-3-5-11/h1-5,10,12-13,15-17,20-21H,6-9H2,(H,18,19)/t12-,13+,15-,16+/m0/s1. The number of carbonyl (C=O) groups excluding carboxylic acids is 1. The number of ether oxygens (including phenoxy) is 1. The Balaban J connectivity index is 1.55. The highest BCUT2D eigenvalue weighted by atomic mass is 32.2. The first-order valence-corrected chi connectivity index (χ1v) is 9.71. The summed E-state index contributed by atoms with van der Waals surface area (Å²) >= 11 is 0. The average Bonchev–Trinajstić information content (AvgIpc) is 3.36. The molecule has 2 fully saturated rings. The van der Waals surface area contributed by atoms with E-state index in [9.17, 15) is 23.4 Å². The van der Waals surface area contributed by atoms with Crippen molar-refractivity contribution >= 4 is 15.9 Å². The molecule has 4 N–H and O–H groups in total. The summed E-state index contributed by atoms with van der Waals surface area (Å²) in [7, 11) is -3.74. The third kappa shape index (κ3) is 4.56. The molecule has 1 saturated carbocycles. The topological polar surface area (TPSA) is 125 Å². The zero-order chi connectivity index (χ0) is 18.0. The summed E-state index contributed by atoms with van der Waals surface area (Å²) in [5.74, 6) is -0.246. The van der Waals surface area contributed by atoms with Gasteiger partial charge in [0.1, 0.15) is 18.3 Å². The zero-order valence-corrected chi connectivity index (χ0v) is 14.4. The highest BCUT2D eigenvalue weighted by Crippen LogP contribution is 2.25. The minimum atomic E-state index is -3.74. The fourth-order valence-corrected chi connectivity index (χ4v) is 3.80. The SMILES string of the molecule is O=C(C[C@@H]1O[C@H](CNS(=O)(=O)c2ccccc2)[C@@H](O)[C@H]1O)NC1CC1. The van der Waals surface area contributed by atoms with Gasteiger partial charge in [-0.25, -0.2) is 13.1 Å². The summed E-state index contributed by atoms with van der Waals surface area (Å²) < 4.78 is 32.2. The van der Waals surface area contributed by atoms with Crippen LogP contribution < -0.4 is 10.0 Å². The highest BCUT2D eigenvalue weighted by Gasteiger charge is 2.44. The van der Waals surface area contributed by atoms with Crippen molar-refractivity contribution in [1.29, 1.82) is 0 Å². The predicted octanol–water partition coefficient (Wildman–Crippen LogP) is -0.877. The van der Waals surface area contributed by atoms with E-state index >= 15 is 0 Å². The van der Waals surface area contributed by atoms with E-state index in [2.05, 4.69) is 10.0 Å². The van der Waals surface area contributed by atoms with Crippen molar-refractivity contribution in [2.24, 2.45) is 0 Å². The molecule has 1 aromatic carbocycles. The van der Waals surface area contributed by atoms with E-state index in [-0.39, 0.29) is 29.8 Å². The largest absolute Gasteiger partial charge is 0.388 e. The van der Waals surface area contributed by atoms with Crippen LogP contribution in [0.15, 0.2) is 35.2 Å². The lowest BCUT2D eigenvalue weighted by atomic mass is 10.1. The number of carbonyl (C=O) groups is 1. The van der Waals surface area contributed by atoms with Gasteiger partial charge in [0.25, 0.3) is 0 Å². The molecule has 1 aliphatic carbocycles. The van der Waals surface area contributed by atoms with Gasteiger partial charge in [0.2, 0.25) is 15.9 Å². The summed E-state index contributed by atoms with van der Waals surface area (Å²) in [5, 5.41) is 22.9. The van der Waals surface area contributed by atoms with Crippen molar-refractivity contribution in [3.63, 3.8) is 0 Å². The van der Waals surface area contributed by atoms with Crippen molar-refractivity contribution in [1.82, 2.24) is 10.0 Å². The Kier molecular flexibility index (Phi) is 5.40. The van der Waals surface area contributed by atoms with E-state index < -0.39 is 34.4 Å². The molecule has 1 aromatic rings. The maximum Gasteiger partial charge on any atom is 0.240 e. The van der Waals surface area contributed by atoms with Crippen LogP contribution in [-0.2, 0) is 19.6 Å². The Morgan fingerprint density at radius 2 is 1.76 bits per heavy atom. The highest BCUT2D eigenvalue weighted by molar-refractivity contribution is 7.89. The minimum absolute atomic E-state index is 0.0728. The van der Waals surface area contributed by atoms with Crippen LogP contribution in [0, 0.1) is 0 Å². The van der Waals surface area contributed by atoms with E-state index in [1.54, 1.807) is 18.2 Å². The fraction of sp³-hybridized carbons (Fsp3) is 0.562. The molecule has 138 valence electrons. The second kappa shape index (κ2) is 7.38. The number of hydrogen-bond acceptors (Lipinski definition) is 6. The van der Waals surface area contributed by atoms with Crippen molar-refractivity contribution in [2.75, 3.05) is 6.54 Å². The molecule has 1 saturated heterocycles. The molecule has 0 radical (unpaired) electrons. The van der Waals surface area contributed by atoms with Crippen molar-refractivity contribution in [2.45, 2.75) is 54.6 Å². The summed E-state index contributed by atoms with van der Waals surface area (Å²) in [6.07, 6.45) is -2.46. The van der Waals surface area contributed by atoms with Crippen LogP contribution >= 0.6 is 0 Å². The quantitative estimate of drug-likeness (QED) is 0.494. The van der Waals surface area contributed by atoms with Crippen LogP contribution in [0.1, 0.15) is 19.3 Å². The molecule has 9 heteroatoms. The molecule has 25 heavy (non-hydrogen) atoms. The Morgan fingerprint density at radius 1 is 1.12 bits per heavy atom. The van der Waals surface area contributed by atoms with Gasteiger partial charge in [0.15, 0.2) is 0 Å². The van der Waals surface area contributed by atoms with Gasteiger partial charge in [-0.05, 0) is 25.0 Å². The van der Waals surface area contributed by atoms with Crippen molar-refractivity contribution in [3.05, 3.63) is 30.3 Å². The Hall–Kier alpha value is -1.52. The molecule has 3 rings (SSSR count). The van der Waals surface area contributed by atoms with E-state index in [0.29, 0.717) is 0 Å². The summed E-state index contributed by atoms with van der Waals surface area (Å²) in [6.45, 7) is -0.198. The number of benzene rings is 1. The number of nitrogens with one attached hydrogen (secondary N) is 2. The van der Waals surface area contributed by atoms with Crippen LogP contribution in [0.2, 0.25) is 0 Å². The monoisotopic (exact) mass is 370 g/mol. The third-order valence-corrected chi connectivity index (χ3v) is 5.76. The molecule has 0 unspecified atom stereocenters. The number of amides is 1. The first-order chi connectivity index (χ1) is 11.9. The number of aliphatic hydroxyl groups excluding tert-OH is 2. The van der Waals surface area contributed by atoms with Gasteiger partial charge in [-0.3, -0.25) is 4.79 Å². The number of aliphatic hydroxyl groups is 2.